The van der Waals surface area contributed by atoms with Crippen molar-refractivity contribution in [1.82, 2.24) is 4.57 Å². The lowest BCUT2D eigenvalue weighted by Crippen LogP contribution is -2.17. The van der Waals surface area contributed by atoms with Crippen molar-refractivity contribution in [3.05, 3.63) is 107 Å². The molecule has 5 nitrogen and oxygen atoms in total. The Balaban J connectivity index is 1.90. The molecule has 1 N–H and O–H groups in total. The Morgan fingerprint density at radius 3 is 2.27 bits per heavy atom. The maximum Gasteiger partial charge on any atom is 0.340 e. The summed E-state index contributed by atoms with van der Waals surface area (Å²) in [5.41, 5.74) is 6.14. The fraction of sp³-hybridized carbons (Fsp3) is 0.143. The van der Waals surface area contributed by atoms with E-state index in [1.165, 1.54) is 0 Å². The molecule has 0 radical (unpaired) electrons. The molecule has 0 saturated carbocycles. The predicted octanol–water partition coefficient (Wildman–Crippen LogP) is 5.71. The molecule has 1 amide bonds. The van der Waals surface area contributed by atoms with E-state index in [0.29, 0.717) is 11.1 Å². The number of carbonyl (C=O) groups excluding carboxylic acids is 2. The van der Waals surface area contributed by atoms with E-state index in [9.17, 15) is 9.59 Å². The Morgan fingerprint density at radius 2 is 1.58 bits per heavy atom. The Labute approximate surface area is 192 Å². The van der Waals surface area contributed by atoms with Gasteiger partial charge in [0.25, 0.3) is 0 Å². The highest BCUT2D eigenvalue weighted by atomic mass is 16.5. The van der Waals surface area contributed by atoms with Crippen molar-refractivity contribution in [3.8, 4) is 16.9 Å². The van der Waals surface area contributed by atoms with Crippen LogP contribution in [0, 0.1) is 6.92 Å². The normalized spacial score (nSPS) is 14.6. The van der Waals surface area contributed by atoms with E-state index >= 15 is 0 Å². The van der Waals surface area contributed by atoms with Gasteiger partial charge in [0, 0.05) is 22.6 Å². The summed E-state index contributed by atoms with van der Waals surface area (Å²) >= 11 is 0. The highest BCUT2D eigenvalue weighted by Crippen LogP contribution is 2.45. The maximum atomic E-state index is 13.3. The molecule has 0 saturated heterocycles. The van der Waals surface area contributed by atoms with Gasteiger partial charge < -0.3 is 14.6 Å². The number of rotatable bonds is 5. The number of nitrogens with one attached hydrogen (secondary N) is 1. The van der Waals surface area contributed by atoms with Gasteiger partial charge >= 0.3 is 5.97 Å². The molecule has 0 spiro atoms. The van der Waals surface area contributed by atoms with Crippen LogP contribution in [0.3, 0.4) is 0 Å². The van der Waals surface area contributed by atoms with Crippen LogP contribution >= 0.6 is 0 Å². The molecule has 3 aromatic carbocycles. The molecule has 0 aliphatic carbocycles. The van der Waals surface area contributed by atoms with Gasteiger partial charge in [0.05, 0.1) is 23.8 Å². The van der Waals surface area contributed by atoms with Crippen LogP contribution < -0.4 is 5.32 Å². The van der Waals surface area contributed by atoms with Gasteiger partial charge in [-0.25, -0.2) is 4.79 Å². The summed E-state index contributed by atoms with van der Waals surface area (Å²) in [4.78, 5) is 26.7. The lowest BCUT2D eigenvalue weighted by Gasteiger charge is -2.16. The van der Waals surface area contributed by atoms with E-state index in [1.807, 2.05) is 91.9 Å². The summed E-state index contributed by atoms with van der Waals surface area (Å²) in [5.74, 6) is -1.20. The van der Waals surface area contributed by atoms with Crippen LogP contribution in [0.25, 0.3) is 16.9 Å². The van der Waals surface area contributed by atoms with E-state index < -0.39 is 11.9 Å². The van der Waals surface area contributed by atoms with Crippen molar-refractivity contribution in [2.24, 2.45) is 0 Å². The predicted molar refractivity (Wildman–Crippen MR) is 129 cm³/mol. The standard InChI is InChI=1S/C28H24N2O3/c1-3-33-28(32)23-18(2)30(20-14-8-5-9-15-20)26(19-12-6-4-7-13-19)25(23)24-21-16-10-11-17-22(21)29-27(24)31/h4-17,24H,3H2,1-2H3,(H,29,31). The lowest BCUT2D eigenvalue weighted by molar-refractivity contribution is -0.116. The second-order valence-corrected chi connectivity index (χ2v) is 7.99. The topological polar surface area (TPSA) is 60.3 Å². The molecule has 0 fully saturated rings. The van der Waals surface area contributed by atoms with Gasteiger partial charge in [-0.3, -0.25) is 4.79 Å². The zero-order valence-corrected chi connectivity index (χ0v) is 18.5. The maximum absolute atomic E-state index is 13.3. The number of anilines is 1. The van der Waals surface area contributed by atoms with E-state index in [-0.39, 0.29) is 12.5 Å². The van der Waals surface area contributed by atoms with E-state index in [2.05, 4.69) is 9.88 Å². The average molecular weight is 437 g/mol. The van der Waals surface area contributed by atoms with Crippen molar-refractivity contribution in [3.63, 3.8) is 0 Å². The fourth-order valence-corrected chi connectivity index (χ4v) is 4.73. The van der Waals surface area contributed by atoms with E-state index in [1.54, 1.807) is 6.92 Å². The van der Waals surface area contributed by atoms with Gasteiger partial charge in [-0.05, 0) is 43.2 Å². The van der Waals surface area contributed by atoms with Gasteiger partial charge in [-0.2, -0.15) is 0 Å². The van der Waals surface area contributed by atoms with Gasteiger partial charge in [0.15, 0.2) is 0 Å². The fourth-order valence-electron chi connectivity index (χ4n) is 4.73. The van der Waals surface area contributed by atoms with Crippen LogP contribution in [0.1, 0.15) is 40.0 Å². The molecule has 4 aromatic rings. The van der Waals surface area contributed by atoms with Crippen molar-refractivity contribution in [1.29, 1.82) is 0 Å². The third kappa shape index (κ3) is 3.42. The van der Waals surface area contributed by atoms with Crippen LogP contribution in [0.15, 0.2) is 84.9 Å². The van der Waals surface area contributed by atoms with Crippen LogP contribution in [0.4, 0.5) is 5.69 Å². The zero-order valence-electron chi connectivity index (χ0n) is 18.5. The number of benzene rings is 3. The Hall–Kier alpha value is -4.12. The monoisotopic (exact) mass is 436 g/mol. The Kier molecular flexibility index (Phi) is 5.31. The lowest BCUT2D eigenvalue weighted by atomic mass is 9.87. The number of hydrogen-bond acceptors (Lipinski definition) is 3. The van der Waals surface area contributed by atoms with Gasteiger partial charge in [-0.1, -0.05) is 66.7 Å². The highest BCUT2D eigenvalue weighted by molar-refractivity contribution is 6.09. The molecule has 5 heteroatoms. The minimum atomic E-state index is -0.625. The SMILES string of the molecule is CCOC(=O)c1c(C2C(=O)Nc3ccccc32)c(-c2ccccc2)n(-c2ccccc2)c1C. The summed E-state index contributed by atoms with van der Waals surface area (Å²) in [6.07, 6.45) is 0. The van der Waals surface area contributed by atoms with Crippen LogP contribution in [-0.4, -0.2) is 23.1 Å². The van der Waals surface area contributed by atoms with Gasteiger partial charge in [0.1, 0.15) is 0 Å². The molecule has 1 aliphatic rings. The second kappa shape index (κ2) is 8.43. The van der Waals surface area contributed by atoms with Gasteiger partial charge in [-0.15, -0.1) is 0 Å². The number of nitrogens with zero attached hydrogens (tertiary/aromatic N) is 1. The molecule has 164 valence electrons. The third-order valence-electron chi connectivity index (χ3n) is 6.07. The Bertz CT molecular complexity index is 1340. The summed E-state index contributed by atoms with van der Waals surface area (Å²) < 4.78 is 7.55. The first-order chi connectivity index (χ1) is 16.1. The molecule has 1 atom stereocenters. The second-order valence-electron chi connectivity index (χ2n) is 7.99. The number of aromatic nitrogens is 1. The molecule has 5 rings (SSSR count). The van der Waals surface area contributed by atoms with Crippen molar-refractivity contribution in [2.75, 3.05) is 11.9 Å². The molecule has 1 aromatic heterocycles. The van der Waals surface area contributed by atoms with E-state index in [4.69, 9.17) is 4.74 Å². The largest absolute Gasteiger partial charge is 0.462 e. The summed E-state index contributed by atoms with van der Waals surface area (Å²) in [5, 5.41) is 2.99. The van der Waals surface area contributed by atoms with Crippen LogP contribution in [0.2, 0.25) is 0 Å². The first-order valence-corrected chi connectivity index (χ1v) is 11.0. The van der Waals surface area contributed by atoms with E-state index in [0.717, 1.165) is 33.9 Å². The van der Waals surface area contributed by atoms with Crippen LogP contribution in [0.5, 0.6) is 0 Å². The average Bonchev–Trinajstić information content (AvgIpc) is 3.33. The summed E-state index contributed by atoms with van der Waals surface area (Å²) in [6, 6.07) is 27.4. The van der Waals surface area contributed by atoms with Crippen LogP contribution in [-0.2, 0) is 9.53 Å². The van der Waals surface area contributed by atoms with Crippen molar-refractivity contribution in [2.45, 2.75) is 19.8 Å². The summed E-state index contributed by atoms with van der Waals surface area (Å²) in [6.45, 7) is 3.95. The highest BCUT2D eigenvalue weighted by Gasteiger charge is 2.40. The number of ether oxygens (including phenoxy) is 1. The number of amides is 1. The number of esters is 1. The quantitative estimate of drug-likeness (QED) is 0.408. The molecule has 0 bridgehead atoms. The number of fused-ring (bicyclic) bond motifs is 1. The minimum Gasteiger partial charge on any atom is -0.462 e. The molecule has 1 unspecified atom stereocenters. The zero-order chi connectivity index (χ0) is 22.9. The number of hydrogen-bond donors (Lipinski definition) is 1. The molecule has 33 heavy (non-hydrogen) atoms. The smallest absolute Gasteiger partial charge is 0.340 e. The third-order valence-corrected chi connectivity index (χ3v) is 6.07. The molecular formula is C28H24N2O3. The number of carbonyl (C=O) groups is 2. The molecular weight excluding hydrogens is 412 g/mol. The molecule has 2 heterocycles. The number of para-hydroxylation sites is 2. The Morgan fingerprint density at radius 1 is 0.939 bits per heavy atom. The van der Waals surface area contributed by atoms with Crippen molar-refractivity contribution < 1.29 is 14.3 Å². The minimum absolute atomic E-state index is 0.149. The summed E-state index contributed by atoms with van der Waals surface area (Å²) in [7, 11) is 0. The molecule has 1 aliphatic heterocycles. The van der Waals surface area contributed by atoms with Gasteiger partial charge in [0.2, 0.25) is 5.91 Å². The first kappa shape index (κ1) is 20.8. The first-order valence-electron chi connectivity index (χ1n) is 11.0. The van der Waals surface area contributed by atoms with Crippen molar-refractivity contribution >= 4 is 17.6 Å².